The van der Waals surface area contributed by atoms with Crippen LogP contribution >= 0.6 is 11.6 Å². The van der Waals surface area contributed by atoms with Gasteiger partial charge in [0, 0.05) is 34.8 Å². The van der Waals surface area contributed by atoms with E-state index in [4.69, 9.17) is 16.3 Å². The fraction of sp³-hybridized carbons (Fsp3) is 0.120. The second kappa shape index (κ2) is 11.1. The lowest BCUT2D eigenvalue weighted by Crippen LogP contribution is -2.13. The van der Waals surface area contributed by atoms with Crippen LogP contribution in [0.5, 0.6) is 5.75 Å². The molecule has 0 aromatic heterocycles. The third-order valence-corrected chi connectivity index (χ3v) is 5.07. The minimum Gasteiger partial charge on any atom is -0.494 e. The number of hydrogen-bond acceptors (Lipinski definition) is 5. The van der Waals surface area contributed by atoms with Gasteiger partial charge in [0.2, 0.25) is 0 Å². The Bertz CT molecular complexity index is 1320. The summed E-state index contributed by atoms with van der Waals surface area (Å²) < 4.78 is 19.3. The Morgan fingerprint density at radius 2 is 2.00 bits per heavy atom. The summed E-state index contributed by atoms with van der Waals surface area (Å²) in [5, 5.41) is 23.3. The summed E-state index contributed by atoms with van der Waals surface area (Å²) in [4.78, 5) is 22.9. The van der Waals surface area contributed by atoms with Crippen molar-refractivity contribution in [3.63, 3.8) is 0 Å². The van der Waals surface area contributed by atoms with Crippen LogP contribution in [-0.2, 0) is 11.2 Å². The normalized spacial score (nSPS) is 10.9. The van der Waals surface area contributed by atoms with Crippen molar-refractivity contribution in [1.82, 2.24) is 0 Å². The number of rotatable bonds is 8. The van der Waals surface area contributed by atoms with Gasteiger partial charge in [0.25, 0.3) is 11.6 Å². The Morgan fingerprint density at radius 3 is 2.68 bits per heavy atom. The van der Waals surface area contributed by atoms with E-state index < -0.39 is 10.8 Å². The number of nitrogens with zero attached hydrogens (tertiary/aromatic N) is 2. The SMILES string of the molecule is CCOc1cc(/C=C(\C#N)C(=O)Nc2cccc([N+](=O)[O-])c2)cc(Cl)c1Cc1cccc(F)c1. The van der Waals surface area contributed by atoms with Crippen molar-refractivity contribution in [2.24, 2.45) is 0 Å². The zero-order valence-corrected chi connectivity index (χ0v) is 18.8. The van der Waals surface area contributed by atoms with Gasteiger partial charge in [-0.25, -0.2) is 4.39 Å². The number of carbonyl (C=O) groups is 1. The van der Waals surface area contributed by atoms with E-state index in [0.717, 1.165) is 0 Å². The minimum atomic E-state index is -0.735. The first kappa shape index (κ1) is 24.4. The molecule has 0 saturated heterocycles. The zero-order chi connectivity index (χ0) is 24.7. The van der Waals surface area contributed by atoms with Gasteiger partial charge in [-0.15, -0.1) is 0 Å². The van der Waals surface area contributed by atoms with Crippen molar-refractivity contribution in [1.29, 1.82) is 5.26 Å². The summed E-state index contributed by atoms with van der Waals surface area (Å²) in [7, 11) is 0. The predicted octanol–water partition coefficient (Wildman–Crippen LogP) is 5.92. The molecule has 3 aromatic rings. The molecular formula is C25H19ClFN3O4. The van der Waals surface area contributed by atoms with Gasteiger partial charge in [-0.2, -0.15) is 5.26 Å². The monoisotopic (exact) mass is 479 g/mol. The Kier molecular flexibility index (Phi) is 7.96. The fourth-order valence-corrected chi connectivity index (χ4v) is 3.52. The van der Waals surface area contributed by atoms with Crippen LogP contribution in [0, 0.1) is 27.3 Å². The Hall–Kier alpha value is -4.22. The zero-order valence-electron chi connectivity index (χ0n) is 18.0. The van der Waals surface area contributed by atoms with E-state index in [0.29, 0.717) is 40.5 Å². The molecule has 0 aliphatic rings. The average molecular weight is 480 g/mol. The van der Waals surface area contributed by atoms with Gasteiger partial charge < -0.3 is 10.1 Å². The van der Waals surface area contributed by atoms with Gasteiger partial charge in [-0.1, -0.05) is 29.8 Å². The second-order valence-corrected chi connectivity index (χ2v) is 7.56. The van der Waals surface area contributed by atoms with E-state index in [1.165, 1.54) is 42.5 Å². The van der Waals surface area contributed by atoms with Gasteiger partial charge in [0.15, 0.2) is 0 Å². The number of carbonyl (C=O) groups excluding carboxylic acids is 1. The predicted molar refractivity (Wildman–Crippen MR) is 127 cm³/mol. The first-order valence-electron chi connectivity index (χ1n) is 10.2. The molecule has 0 heterocycles. The van der Waals surface area contributed by atoms with E-state index in [-0.39, 0.29) is 22.8 Å². The molecule has 0 spiro atoms. The molecule has 34 heavy (non-hydrogen) atoms. The highest BCUT2D eigenvalue weighted by Crippen LogP contribution is 2.32. The number of nitro groups is 1. The third-order valence-electron chi connectivity index (χ3n) is 4.74. The second-order valence-electron chi connectivity index (χ2n) is 7.15. The Morgan fingerprint density at radius 1 is 1.24 bits per heavy atom. The molecule has 0 saturated carbocycles. The molecule has 1 amide bonds. The molecule has 3 rings (SSSR count). The number of ether oxygens (including phenoxy) is 1. The lowest BCUT2D eigenvalue weighted by Gasteiger charge is -2.14. The van der Waals surface area contributed by atoms with Crippen molar-refractivity contribution < 1.29 is 18.8 Å². The van der Waals surface area contributed by atoms with Crippen LogP contribution in [0.2, 0.25) is 5.02 Å². The van der Waals surface area contributed by atoms with Crippen molar-refractivity contribution in [3.05, 3.63) is 104 Å². The number of amides is 1. The summed E-state index contributed by atoms with van der Waals surface area (Å²) in [5.41, 5.74) is 1.55. The lowest BCUT2D eigenvalue weighted by atomic mass is 10.0. The van der Waals surface area contributed by atoms with Crippen LogP contribution in [-0.4, -0.2) is 17.4 Å². The number of nitro benzene ring substituents is 1. The first-order chi connectivity index (χ1) is 16.3. The van der Waals surface area contributed by atoms with E-state index in [1.807, 2.05) is 6.07 Å². The molecule has 0 aliphatic carbocycles. The highest BCUT2D eigenvalue weighted by atomic mass is 35.5. The molecular weight excluding hydrogens is 461 g/mol. The van der Waals surface area contributed by atoms with E-state index in [9.17, 15) is 24.6 Å². The molecule has 1 N–H and O–H groups in total. The maximum absolute atomic E-state index is 13.6. The number of non-ortho nitro benzene ring substituents is 1. The molecule has 9 heteroatoms. The number of anilines is 1. The van der Waals surface area contributed by atoms with Crippen LogP contribution in [0.1, 0.15) is 23.6 Å². The summed E-state index contributed by atoms with van der Waals surface area (Å²) in [5.74, 6) is -0.651. The van der Waals surface area contributed by atoms with Crippen LogP contribution < -0.4 is 10.1 Å². The minimum absolute atomic E-state index is 0.179. The maximum atomic E-state index is 13.6. The quantitative estimate of drug-likeness (QED) is 0.187. The number of benzene rings is 3. The smallest absolute Gasteiger partial charge is 0.271 e. The fourth-order valence-electron chi connectivity index (χ4n) is 3.23. The number of hydrogen-bond donors (Lipinski definition) is 1. The summed E-state index contributed by atoms with van der Waals surface area (Å²) in [6, 6.07) is 16.6. The van der Waals surface area contributed by atoms with Gasteiger partial charge in [0.1, 0.15) is 23.2 Å². The van der Waals surface area contributed by atoms with Crippen LogP contribution in [0.15, 0.2) is 66.2 Å². The van der Waals surface area contributed by atoms with Crippen molar-refractivity contribution in [2.45, 2.75) is 13.3 Å². The molecule has 3 aromatic carbocycles. The average Bonchev–Trinajstić information content (AvgIpc) is 2.80. The highest BCUT2D eigenvalue weighted by molar-refractivity contribution is 6.31. The number of nitriles is 1. The first-order valence-corrected chi connectivity index (χ1v) is 10.6. The van der Waals surface area contributed by atoms with Gasteiger partial charge in [0.05, 0.1) is 11.5 Å². The summed E-state index contributed by atoms with van der Waals surface area (Å²) in [6.07, 6.45) is 1.67. The van der Waals surface area contributed by atoms with Crippen LogP contribution in [0.3, 0.4) is 0 Å². The lowest BCUT2D eigenvalue weighted by molar-refractivity contribution is -0.384. The Balaban J connectivity index is 1.90. The summed E-state index contributed by atoms with van der Waals surface area (Å²) >= 11 is 6.49. The standard InChI is InChI=1S/C25H19ClFN3O4/c1-2-34-24-13-17(12-23(26)22(24)11-16-5-3-6-19(27)10-16)9-18(15-28)25(31)29-20-7-4-8-21(14-20)30(32)33/h3-10,12-14H,2,11H2,1H3,(H,29,31)/b18-9+. The Labute approximate surface area is 200 Å². The third kappa shape index (κ3) is 6.18. The topological polar surface area (TPSA) is 105 Å². The number of halogens is 2. The molecule has 0 unspecified atom stereocenters. The molecule has 0 radical (unpaired) electrons. The molecule has 0 aliphatic heterocycles. The van der Waals surface area contributed by atoms with Crippen molar-refractivity contribution in [2.75, 3.05) is 11.9 Å². The van der Waals surface area contributed by atoms with E-state index in [1.54, 1.807) is 31.2 Å². The van der Waals surface area contributed by atoms with E-state index in [2.05, 4.69) is 5.32 Å². The highest BCUT2D eigenvalue weighted by Gasteiger charge is 2.15. The number of nitrogens with one attached hydrogen (secondary N) is 1. The van der Waals surface area contributed by atoms with Crippen LogP contribution in [0.4, 0.5) is 15.8 Å². The molecule has 0 fully saturated rings. The maximum Gasteiger partial charge on any atom is 0.271 e. The summed E-state index contributed by atoms with van der Waals surface area (Å²) in [6.45, 7) is 2.15. The molecule has 0 bridgehead atoms. The van der Waals surface area contributed by atoms with Crippen molar-refractivity contribution >= 4 is 35.0 Å². The van der Waals surface area contributed by atoms with Gasteiger partial charge in [-0.3, -0.25) is 14.9 Å². The van der Waals surface area contributed by atoms with Gasteiger partial charge in [-0.05, 0) is 54.5 Å². The largest absolute Gasteiger partial charge is 0.494 e. The molecule has 7 nitrogen and oxygen atoms in total. The van der Waals surface area contributed by atoms with Crippen LogP contribution in [0.25, 0.3) is 6.08 Å². The van der Waals surface area contributed by atoms with Gasteiger partial charge >= 0.3 is 0 Å². The molecule has 0 atom stereocenters. The van der Waals surface area contributed by atoms with E-state index >= 15 is 0 Å². The van der Waals surface area contributed by atoms with Crippen molar-refractivity contribution in [3.8, 4) is 11.8 Å². The molecule has 172 valence electrons.